The van der Waals surface area contributed by atoms with Crippen LogP contribution in [0.15, 0.2) is 0 Å². The first-order valence-corrected chi connectivity index (χ1v) is 5.90. The molecule has 0 aromatic carbocycles. The van der Waals surface area contributed by atoms with E-state index in [-0.39, 0.29) is 26.1 Å². The van der Waals surface area contributed by atoms with Gasteiger partial charge in [0.25, 0.3) is 0 Å². The number of carbonyl (C=O) groups is 3. The van der Waals surface area contributed by atoms with Crippen LogP contribution < -0.4 is 5.32 Å². The van der Waals surface area contributed by atoms with Crippen LogP contribution in [-0.4, -0.2) is 53.1 Å². The number of alkyl carbamates (subject to hydrolysis) is 1. The van der Waals surface area contributed by atoms with Crippen LogP contribution in [0.2, 0.25) is 0 Å². The van der Waals surface area contributed by atoms with E-state index in [1.807, 2.05) is 6.92 Å². The summed E-state index contributed by atoms with van der Waals surface area (Å²) in [6, 6.07) is -1.28. The second kappa shape index (κ2) is 6.37. The number of carbonyl (C=O) groups excluding carboxylic acids is 1. The van der Waals surface area contributed by atoms with Gasteiger partial charge < -0.3 is 25.0 Å². The quantitative estimate of drug-likeness (QED) is 0.607. The lowest BCUT2D eigenvalue weighted by molar-refractivity contribution is -0.180. The lowest BCUT2D eigenvalue weighted by atomic mass is 9.99. The molecule has 0 aliphatic carbocycles. The van der Waals surface area contributed by atoms with Crippen LogP contribution in [0.5, 0.6) is 0 Å². The van der Waals surface area contributed by atoms with Gasteiger partial charge in [-0.3, -0.25) is 4.79 Å². The Morgan fingerprint density at radius 3 is 2.37 bits per heavy atom. The molecule has 1 amide bonds. The van der Waals surface area contributed by atoms with Gasteiger partial charge in [0.2, 0.25) is 0 Å². The summed E-state index contributed by atoms with van der Waals surface area (Å²) in [5.41, 5.74) is -0.695. The Labute approximate surface area is 109 Å². The maximum Gasteiger partial charge on any atom is 0.408 e. The van der Waals surface area contributed by atoms with Gasteiger partial charge in [0, 0.05) is 6.42 Å². The van der Waals surface area contributed by atoms with Crippen LogP contribution in [0, 0.1) is 0 Å². The average Bonchev–Trinajstić information content (AvgIpc) is 2.28. The van der Waals surface area contributed by atoms with E-state index < -0.39 is 29.7 Å². The Morgan fingerprint density at radius 2 is 2.00 bits per heavy atom. The van der Waals surface area contributed by atoms with Crippen molar-refractivity contribution in [3.8, 4) is 0 Å². The zero-order valence-electron chi connectivity index (χ0n) is 10.5. The highest BCUT2D eigenvalue weighted by Crippen LogP contribution is 2.25. The molecule has 1 rings (SSSR count). The van der Waals surface area contributed by atoms with Crippen LogP contribution >= 0.6 is 0 Å². The molecule has 1 saturated heterocycles. The second-order valence-corrected chi connectivity index (χ2v) is 4.39. The summed E-state index contributed by atoms with van der Waals surface area (Å²) in [6.07, 6.45) is -0.856. The van der Waals surface area contributed by atoms with Gasteiger partial charge in [0.1, 0.15) is 6.04 Å². The van der Waals surface area contributed by atoms with Crippen molar-refractivity contribution in [2.24, 2.45) is 0 Å². The third kappa shape index (κ3) is 4.40. The van der Waals surface area contributed by atoms with E-state index in [2.05, 4.69) is 5.32 Å². The zero-order chi connectivity index (χ0) is 14.5. The van der Waals surface area contributed by atoms with E-state index in [1.165, 1.54) is 0 Å². The number of ether oxygens (including phenoxy) is 2. The highest BCUT2D eigenvalue weighted by Gasteiger charge is 2.41. The topological polar surface area (TPSA) is 122 Å². The minimum Gasteiger partial charge on any atom is -0.481 e. The third-order valence-electron chi connectivity index (χ3n) is 2.92. The Bertz CT molecular complexity index is 359. The Kier molecular flexibility index (Phi) is 5.11. The van der Waals surface area contributed by atoms with Crippen molar-refractivity contribution >= 4 is 18.0 Å². The first kappa shape index (κ1) is 15.2. The van der Waals surface area contributed by atoms with Crippen molar-refractivity contribution < 1.29 is 34.1 Å². The molecule has 1 atom stereocenters. The first-order chi connectivity index (χ1) is 8.88. The van der Waals surface area contributed by atoms with Crippen LogP contribution in [0.3, 0.4) is 0 Å². The minimum atomic E-state index is -1.30. The summed E-state index contributed by atoms with van der Waals surface area (Å²) in [4.78, 5) is 32.8. The van der Waals surface area contributed by atoms with Gasteiger partial charge in [0.05, 0.1) is 13.2 Å². The Hall–Kier alpha value is -1.83. The molecule has 108 valence electrons. The molecule has 19 heavy (non-hydrogen) atoms. The van der Waals surface area contributed by atoms with Crippen LogP contribution in [-0.2, 0) is 19.1 Å². The maximum atomic E-state index is 11.6. The summed E-state index contributed by atoms with van der Waals surface area (Å²) in [7, 11) is 0. The molecule has 1 aliphatic rings. The molecule has 8 heteroatoms. The van der Waals surface area contributed by atoms with E-state index in [0.29, 0.717) is 6.42 Å². The molecule has 1 fully saturated rings. The van der Waals surface area contributed by atoms with Gasteiger partial charge in [0.15, 0.2) is 5.60 Å². The van der Waals surface area contributed by atoms with Gasteiger partial charge in [-0.2, -0.15) is 0 Å². The fraction of sp³-hybridized carbons (Fsp3) is 0.727. The van der Waals surface area contributed by atoms with E-state index in [0.717, 1.165) is 0 Å². The van der Waals surface area contributed by atoms with E-state index in [4.69, 9.17) is 19.7 Å². The predicted octanol–water partition coefficient (Wildman–Crippen LogP) is 0.210. The van der Waals surface area contributed by atoms with Crippen molar-refractivity contribution in [2.45, 2.75) is 37.8 Å². The standard InChI is InChI=1S/C11H17NO7/c1-2-11(5-18-6-11)19-10(17)12-7(9(15)16)3-4-8(13)14/h7H,2-6H2,1H3,(H,12,17)(H,13,14)(H,15,16)/t7-/m0/s1. The molecular formula is C11H17NO7. The average molecular weight is 275 g/mol. The van der Waals surface area contributed by atoms with Crippen LogP contribution in [0.25, 0.3) is 0 Å². The Morgan fingerprint density at radius 1 is 1.37 bits per heavy atom. The summed E-state index contributed by atoms with van der Waals surface area (Å²) in [6.45, 7) is 2.39. The van der Waals surface area contributed by atoms with Crippen LogP contribution in [0.4, 0.5) is 4.79 Å². The lowest BCUT2D eigenvalue weighted by Crippen LogP contribution is -2.55. The van der Waals surface area contributed by atoms with Gasteiger partial charge in [-0.25, -0.2) is 9.59 Å². The number of carboxylic acids is 2. The van der Waals surface area contributed by atoms with Gasteiger partial charge in [-0.05, 0) is 12.8 Å². The first-order valence-electron chi connectivity index (χ1n) is 5.90. The summed E-state index contributed by atoms with van der Waals surface area (Å²) >= 11 is 0. The number of hydrogen-bond acceptors (Lipinski definition) is 5. The van der Waals surface area contributed by atoms with E-state index in [1.54, 1.807) is 0 Å². The number of hydrogen-bond donors (Lipinski definition) is 3. The number of rotatable bonds is 7. The van der Waals surface area contributed by atoms with Gasteiger partial charge in [-0.1, -0.05) is 6.92 Å². The molecule has 0 spiro atoms. The number of aliphatic carboxylic acids is 2. The third-order valence-corrected chi connectivity index (χ3v) is 2.92. The molecule has 0 saturated carbocycles. The smallest absolute Gasteiger partial charge is 0.408 e. The molecule has 0 unspecified atom stereocenters. The van der Waals surface area contributed by atoms with Crippen LogP contribution in [0.1, 0.15) is 26.2 Å². The maximum absolute atomic E-state index is 11.6. The normalized spacial score (nSPS) is 17.9. The molecule has 3 N–H and O–H groups in total. The molecule has 0 aromatic heterocycles. The molecule has 0 bridgehead atoms. The van der Waals surface area contributed by atoms with Crippen molar-refractivity contribution in [1.82, 2.24) is 5.32 Å². The number of carboxylic acid groups (broad SMARTS) is 2. The van der Waals surface area contributed by atoms with Crippen molar-refractivity contribution in [3.05, 3.63) is 0 Å². The molecule has 0 aromatic rings. The molecule has 1 heterocycles. The molecule has 8 nitrogen and oxygen atoms in total. The van der Waals surface area contributed by atoms with Crippen molar-refractivity contribution in [3.63, 3.8) is 0 Å². The fourth-order valence-corrected chi connectivity index (χ4v) is 1.56. The molecule has 1 aliphatic heterocycles. The molecule has 0 radical (unpaired) electrons. The SMILES string of the molecule is CCC1(OC(=O)N[C@@H](CCC(=O)O)C(=O)O)COC1. The summed E-state index contributed by atoms with van der Waals surface area (Å²) < 4.78 is 10.1. The van der Waals surface area contributed by atoms with E-state index in [9.17, 15) is 14.4 Å². The summed E-state index contributed by atoms with van der Waals surface area (Å²) in [5.74, 6) is -2.42. The monoisotopic (exact) mass is 275 g/mol. The van der Waals surface area contributed by atoms with Gasteiger partial charge in [-0.15, -0.1) is 0 Å². The lowest BCUT2D eigenvalue weighted by Gasteiger charge is -2.39. The van der Waals surface area contributed by atoms with Gasteiger partial charge >= 0.3 is 18.0 Å². The zero-order valence-corrected chi connectivity index (χ0v) is 10.5. The fourth-order valence-electron chi connectivity index (χ4n) is 1.56. The minimum absolute atomic E-state index is 0.199. The predicted molar refractivity (Wildman–Crippen MR) is 61.8 cm³/mol. The summed E-state index contributed by atoms with van der Waals surface area (Å²) in [5, 5.41) is 19.5. The Balaban J connectivity index is 2.47. The van der Waals surface area contributed by atoms with Crippen molar-refractivity contribution in [1.29, 1.82) is 0 Å². The van der Waals surface area contributed by atoms with E-state index >= 15 is 0 Å². The largest absolute Gasteiger partial charge is 0.481 e. The number of amides is 1. The second-order valence-electron chi connectivity index (χ2n) is 4.39. The number of nitrogens with one attached hydrogen (secondary N) is 1. The highest BCUT2D eigenvalue weighted by molar-refractivity contribution is 5.80. The highest BCUT2D eigenvalue weighted by atomic mass is 16.6. The molecular weight excluding hydrogens is 258 g/mol. The van der Waals surface area contributed by atoms with Crippen molar-refractivity contribution in [2.75, 3.05) is 13.2 Å².